The zero-order valence-electron chi connectivity index (χ0n) is 17.1. The van der Waals surface area contributed by atoms with Gasteiger partial charge in [-0.05, 0) is 25.3 Å². The number of rotatable bonds is 6. The van der Waals surface area contributed by atoms with E-state index in [0.717, 1.165) is 24.2 Å². The van der Waals surface area contributed by atoms with E-state index >= 15 is 0 Å². The molecule has 3 N–H and O–H groups in total. The first-order valence-corrected chi connectivity index (χ1v) is 10.6. The highest BCUT2D eigenvalue weighted by molar-refractivity contribution is 7.18. The van der Waals surface area contributed by atoms with Crippen LogP contribution in [0.15, 0.2) is 0 Å². The van der Waals surface area contributed by atoms with Crippen LogP contribution in [-0.4, -0.2) is 86.0 Å². The number of carbonyl (C=O) groups is 4. The fourth-order valence-electron chi connectivity index (χ4n) is 3.66. The van der Waals surface area contributed by atoms with Gasteiger partial charge in [-0.1, -0.05) is 0 Å². The van der Waals surface area contributed by atoms with Crippen LogP contribution in [0.3, 0.4) is 0 Å². The number of thiophene rings is 1. The Morgan fingerprint density at radius 3 is 2.50 bits per heavy atom. The van der Waals surface area contributed by atoms with Crippen molar-refractivity contribution in [2.24, 2.45) is 5.73 Å². The summed E-state index contributed by atoms with van der Waals surface area (Å²) < 4.78 is 10.2. The molecule has 1 aromatic heterocycles. The van der Waals surface area contributed by atoms with E-state index in [1.807, 2.05) is 4.90 Å². The molecule has 11 heteroatoms. The third-order valence-electron chi connectivity index (χ3n) is 5.27. The van der Waals surface area contributed by atoms with E-state index in [9.17, 15) is 19.2 Å². The Kier molecular flexibility index (Phi) is 7.06. The molecule has 3 rings (SSSR count). The van der Waals surface area contributed by atoms with Crippen LogP contribution in [0.4, 0.5) is 5.00 Å². The second-order valence-electron chi connectivity index (χ2n) is 7.27. The SMILES string of the molecule is COC(=O)c1c(NC(=O)CN2CCN(C(=O)C3CCCO3)CC2)sc(C(N)=O)c1C. The summed E-state index contributed by atoms with van der Waals surface area (Å²) in [5, 5.41) is 2.94. The average molecular weight is 439 g/mol. The normalized spacial score (nSPS) is 19.5. The molecule has 0 spiro atoms. The summed E-state index contributed by atoms with van der Waals surface area (Å²) in [4.78, 5) is 52.6. The van der Waals surface area contributed by atoms with Crippen molar-refractivity contribution in [1.29, 1.82) is 0 Å². The largest absolute Gasteiger partial charge is 0.465 e. The summed E-state index contributed by atoms with van der Waals surface area (Å²) in [6.45, 7) is 4.50. The Bertz CT molecular complexity index is 840. The highest BCUT2D eigenvalue weighted by atomic mass is 32.1. The number of nitrogens with one attached hydrogen (secondary N) is 1. The van der Waals surface area contributed by atoms with Crippen molar-refractivity contribution in [1.82, 2.24) is 9.80 Å². The van der Waals surface area contributed by atoms with Crippen LogP contribution in [0.5, 0.6) is 0 Å². The zero-order valence-corrected chi connectivity index (χ0v) is 17.9. The van der Waals surface area contributed by atoms with Crippen LogP contribution >= 0.6 is 11.3 Å². The van der Waals surface area contributed by atoms with Gasteiger partial charge in [0.25, 0.3) is 11.8 Å². The molecule has 0 aromatic carbocycles. The highest BCUT2D eigenvalue weighted by Gasteiger charge is 2.31. The third-order valence-corrected chi connectivity index (χ3v) is 6.49. The molecule has 30 heavy (non-hydrogen) atoms. The number of anilines is 1. The Hall–Kier alpha value is -2.50. The molecule has 2 fully saturated rings. The number of nitrogens with two attached hydrogens (primary N) is 1. The summed E-state index contributed by atoms with van der Waals surface area (Å²) in [6, 6.07) is 0. The van der Waals surface area contributed by atoms with E-state index in [0.29, 0.717) is 38.3 Å². The molecule has 1 unspecified atom stereocenters. The van der Waals surface area contributed by atoms with Gasteiger partial charge in [-0.25, -0.2) is 4.79 Å². The number of esters is 1. The van der Waals surface area contributed by atoms with Crippen LogP contribution in [0.1, 0.15) is 38.4 Å². The molecule has 3 heterocycles. The van der Waals surface area contributed by atoms with E-state index in [4.69, 9.17) is 15.2 Å². The van der Waals surface area contributed by atoms with Gasteiger partial charge in [0.15, 0.2) is 0 Å². The maximum Gasteiger partial charge on any atom is 0.341 e. The Morgan fingerprint density at radius 1 is 1.23 bits per heavy atom. The molecule has 0 saturated carbocycles. The lowest BCUT2D eigenvalue weighted by Gasteiger charge is -2.35. The van der Waals surface area contributed by atoms with Gasteiger partial charge in [0.05, 0.1) is 24.1 Å². The number of hydrogen-bond acceptors (Lipinski definition) is 8. The first-order valence-electron chi connectivity index (χ1n) is 9.76. The van der Waals surface area contributed by atoms with Gasteiger partial charge < -0.3 is 25.4 Å². The number of methoxy groups -OCH3 is 1. The Morgan fingerprint density at radius 2 is 1.93 bits per heavy atom. The molecular formula is C19H26N4O6S. The lowest BCUT2D eigenvalue weighted by atomic mass is 10.1. The third kappa shape index (κ3) is 4.79. The monoisotopic (exact) mass is 438 g/mol. The second kappa shape index (κ2) is 9.54. The molecule has 2 aliphatic heterocycles. The minimum absolute atomic E-state index is 0.0207. The standard InChI is InChI=1S/C19H26N4O6S/c1-11-14(19(27)28-2)17(30-15(11)16(20)25)21-13(24)10-22-5-7-23(8-6-22)18(26)12-4-3-9-29-12/h12H,3-10H2,1-2H3,(H2,20,25)(H,21,24). The number of carbonyl (C=O) groups excluding carboxylic acids is 4. The number of nitrogens with zero attached hydrogens (tertiary/aromatic N) is 2. The van der Waals surface area contributed by atoms with E-state index in [-0.39, 0.29) is 39.9 Å². The number of hydrogen-bond donors (Lipinski definition) is 2. The van der Waals surface area contributed by atoms with Crippen molar-refractivity contribution in [3.8, 4) is 0 Å². The van der Waals surface area contributed by atoms with E-state index in [1.54, 1.807) is 11.8 Å². The van der Waals surface area contributed by atoms with Gasteiger partial charge in [0.1, 0.15) is 11.1 Å². The lowest BCUT2D eigenvalue weighted by Crippen LogP contribution is -2.52. The molecule has 0 bridgehead atoms. The number of ether oxygens (including phenoxy) is 2. The lowest BCUT2D eigenvalue weighted by molar-refractivity contribution is -0.142. The smallest absolute Gasteiger partial charge is 0.341 e. The maximum atomic E-state index is 12.5. The van der Waals surface area contributed by atoms with Gasteiger partial charge in [-0.2, -0.15) is 0 Å². The van der Waals surface area contributed by atoms with E-state index in [1.165, 1.54) is 7.11 Å². The maximum absolute atomic E-state index is 12.5. The van der Waals surface area contributed by atoms with Crippen molar-refractivity contribution < 1.29 is 28.7 Å². The molecule has 10 nitrogen and oxygen atoms in total. The van der Waals surface area contributed by atoms with Crippen molar-refractivity contribution in [3.63, 3.8) is 0 Å². The van der Waals surface area contributed by atoms with Gasteiger partial charge in [-0.3, -0.25) is 19.3 Å². The first-order chi connectivity index (χ1) is 14.3. The molecule has 0 radical (unpaired) electrons. The zero-order chi connectivity index (χ0) is 21.8. The second-order valence-corrected chi connectivity index (χ2v) is 8.29. The van der Waals surface area contributed by atoms with Crippen molar-refractivity contribution >= 4 is 40.0 Å². The van der Waals surface area contributed by atoms with Crippen LogP contribution in [0.2, 0.25) is 0 Å². The molecule has 1 aromatic rings. The topological polar surface area (TPSA) is 131 Å². The van der Waals surface area contributed by atoms with Gasteiger partial charge in [0.2, 0.25) is 5.91 Å². The quantitative estimate of drug-likeness (QED) is 0.607. The molecule has 1 atom stereocenters. The molecule has 2 aliphatic rings. The number of piperazine rings is 1. The summed E-state index contributed by atoms with van der Waals surface area (Å²) in [6.07, 6.45) is 1.33. The molecule has 3 amide bonds. The van der Waals surface area contributed by atoms with Gasteiger partial charge >= 0.3 is 5.97 Å². The van der Waals surface area contributed by atoms with Crippen LogP contribution < -0.4 is 11.1 Å². The number of primary amides is 1. The van der Waals surface area contributed by atoms with Gasteiger partial charge in [-0.15, -0.1) is 11.3 Å². The fourth-order valence-corrected chi connectivity index (χ4v) is 4.72. The summed E-state index contributed by atoms with van der Waals surface area (Å²) >= 11 is 0.954. The summed E-state index contributed by atoms with van der Waals surface area (Å²) in [5.74, 6) is -1.62. The highest BCUT2D eigenvalue weighted by Crippen LogP contribution is 2.33. The fraction of sp³-hybridized carbons (Fsp3) is 0.579. The summed E-state index contributed by atoms with van der Waals surface area (Å²) in [7, 11) is 1.23. The summed E-state index contributed by atoms with van der Waals surface area (Å²) in [5.41, 5.74) is 5.88. The molecule has 0 aliphatic carbocycles. The number of amides is 3. The molecule has 164 valence electrons. The Balaban J connectivity index is 1.57. The first kappa shape index (κ1) is 22.2. The molecule has 2 saturated heterocycles. The van der Waals surface area contributed by atoms with E-state index in [2.05, 4.69) is 5.32 Å². The predicted octanol–water partition coefficient (Wildman–Crippen LogP) is 0.204. The minimum Gasteiger partial charge on any atom is -0.465 e. The predicted molar refractivity (Wildman–Crippen MR) is 110 cm³/mol. The average Bonchev–Trinajstić information content (AvgIpc) is 3.36. The van der Waals surface area contributed by atoms with Crippen molar-refractivity contribution in [2.45, 2.75) is 25.9 Å². The van der Waals surface area contributed by atoms with Crippen LogP contribution in [-0.2, 0) is 19.1 Å². The Labute approximate surface area is 178 Å². The van der Waals surface area contributed by atoms with Crippen molar-refractivity contribution in [3.05, 3.63) is 16.0 Å². The van der Waals surface area contributed by atoms with Gasteiger partial charge in [0, 0.05) is 32.8 Å². The van der Waals surface area contributed by atoms with E-state index < -0.39 is 11.9 Å². The van der Waals surface area contributed by atoms with Crippen LogP contribution in [0, 0.1) is 6.92 Å². The van der Waals surface area contributed by atoms with Crippen LogP contribution in [0.25, 0.3) is 0 Å². The molecular weight excluding hydrogens is 412 g/mol. The van der Waals surface area contributed by atoms with Crippen molar-refractivity contribution in [2.75, 3.05) is 51.8 Å². The minimum atomic E-state index is -0.671.